The average Bonchev–Trinajstić information content (AvgIpc) is 3.22. The van der Waals surface area contributed by atoms with Crippen molar-refractivity contribution in [2.24, 2.45) is 5.41 Å². The highest BCUT2D eigenvalue weighted by molar-refractivity contribution is 6.00. The van der Waals surface area contributed by atoms with Crippen LogP contribution in [0.5, 0.6) is 0 Å². The zero-order chi connectivity index (χ0) is 23.8. The molecule has 0 unspecified atom stereocenters. The molecule has 2 bridgehead atoms. The van der Waals surface area contributed by atoms with E-state index in [4.69, 9.17) is 0 Å². The molecule has 1 amide bonds. The predicted molar refractivity (Wildman–Crippen MR) is 117 cm³/mol. The van der Waals surface area contributed by atoms with Crippen LogP contribution in [0.15, 0.2) is 42.7 Å². The smallest absolute Gasteiger partial charge is 0.345 e. The lowest BCUT2D eigenvalue weighted by atomic mass is 9.51. The number of nitrogens with zero attached hydrogens (tertiary/aromatic N) is 2. The third kappa shape index (κ3) is 3.10. The summed E-state index contributed by atoms with van der Waals surface area (Å²) in [6.07, 6.45) is -2.21. The second kappa shape index (κ2) is 6.92. The van der Waals surface area contributed by atoms with Crippen molar-refractivity contribution in [2.45, 2.75) is 51.2 Å². The molecule has 3 aromatic rings. The van der Waals surface area contributed by atoms with Gasteiger partial charge in [-0.25, -0.2) is 4.98 Å². The van der Waals surface area contributed by atoms with Crippen LogP contribution in [-0.4, -0.2) is 45.3 Å². The highest BCUT2D eigenvalue weighted by Crippen LogP contribution is 2.56. The van der Waals surface area contributed by atoms with E-state index < -0.39 is 22.8 Å². The molecule has 5 nitrogen and oxygen atoms in total. The molecule has 1 fully saturated rings. The Morgan fingerprint density at radius 1 is 1.09 bits per heavy atom. The van der Waals surface area contributed by atoms with Gasteiger partial charge in [-0.3, -0.25) is 9.59 Å². The van der Waals surface area contributed by atoms with Crippen LogP contribution in [0.3, 0.4) is 0 Å². The van der Waals surface area contributed by atoms with Crippen LogP contribution in [0, 0.1) is 5.41 Å². The van der Waals surface area contributed by atoms with E-state index in [0.717, 1.165) is 22.2 Å². The SMILES string of the molecule is CC1(C)[C@H]2Cc3ccc(C(=O)C(F)(F)F)cc3[C@]1(C)CCN2C(=O)c1ccc2nc[nH]c2c1. The highest BCUT2D eigenvalue weighted by atomic mass is 19.4. The Labute approximate surface area is 189 Å². The number of aromatic amines is 1. The number of amides is 1. The second-order valence-electron chi connectivity index (χ2n) is 9.86. The molecule has 0 radical (unpaired) electrons. The van der Waals surface area contributed by atoms with E-state index in [9.17, 15) is 22.8 Å². The van der Waals surface area contributed by atoms with Crippen molar-refractivity contribution in [3.05, 3.63) is 65.0 Å². The molecule has 172 valence electrons. The fraction of sp³-hybridized carbons (Fsp3) is 0.400. The summed E-state index contributed by atoms with van der Waals surface area (Å²) < 4.78 is 39.1. The summed E-state index contributed by atoms with van der Waals surface area (Å²) >= 11 is 0. The Hall–Kier alpha value is -3.16. The largest absolute Gasteiger partial charge is 0.454 e. The summed E-state index contributed by atoms with van der Waals surface area (Å²) in [5.41, 5.74) is 2.60. The highest BCUT2D eigenvalue weighted by Gasteiger charge is 2.57. The van der Waals surface area contributed by atoms with Gasteiger partial charge in [-0.1, -0.05) is 32.9 Å². The summed E-state index contributed by atoms with van der Waals surface area (Å²) in [6, 6.07) is 9.57. The molecule has 33 heavy (non-hydrogen) atoms. The number of hydrogen-bond donors (Lipinski definition) is 1. The molecular formula is C25H24F3N3O2. The maximum Gasteiger partial charge on any atom is 0.454 e. The molecule has 1 N–H and O–H groups in total. The van der Waals surface area contributed by atoms with Crippen LogP contribution in [0.25, 0.3) is 11.0 Å². The summed E-state index contributed by atoms with van der Waals surface area (Å²) in [5.74, 6) is -1.89. The monoisotopic (exact) mass is 455 g/mol. The van der Waals surface area contributed by atoms with Crippen LogP contribution in [0.4, 0.5) is 13.2 Å². The molecule has 1 aromatic heterocycles. The van der Waals surface area contributed by atoms with E-state index >= 15 is 0 Å². The van der Waals surface area contributed by atoms with Crippen molar-refractivity contribution in [3.8, 4) is 0 Å². The number of halogens is 3. The molecule has 1 saturated heterocycles. The number of Topliss-reactive ketones (excluding diaryl/α,β-unsaturated/α-hetero) is 1. The van der Waals surface area contributed by atoms with Gasteiger partial charge in [0.2, 0.25) is 0 Å². The number of likely N-dealkylation sites (tertiary alicyclic amines) is 1. The van der Waals surface area contributed by atoms with E-state index in [0.29, 0.717) is 24.9 Å². The van der Waals surface area contributed by atoms with Crippen molar-refractivity contribution in [2.75, 3.05) is 6.54 Å². The van der Waals surface area contributed by atoms with Gasteiger partial charge >= 0.3 is 6.18 Å². The second-order valence-corrected chi connectivity index (χ2v) is 9.86. The number of fused-ring (bicyclic) bond motifs is 5. The molecular weight excluding hydrogens is 431 g/mol. The molecule has 0 saturated carbocycles. The molecule has 2 heterocycles. The average molecular weight is 455 g/mol. The van der Waals surface area contributed by atoms with Gasteiger partial charge in [-0.15, -0.1) is 0 Å². The number of carbonyl (C=O) groups is 2. The van der Waals surface area contributed by atoms with Gasteiger partial charge in [0, 0.05) is 29.1 Å². The van der Waals surface area contributed by atoms with Gasteiger partial charge in [0.05, 0.1) is 17.4 Å². The third-order valence-corrected chi connectivity index (χ3v) is 8.05. The van der Waals surface area contributed by atoms with Crippen molar-refractivity contribution < 1.29 is 22.8 Å². The lowest BCUT2D eigenvalue weighted by Gasteiger charge is -2.61. The number of ketones is 1. The topological polar surface area (TPSA) is 66.1 Å². The summed E-state index contributed by atoms with van der Waals surface area (Å²) in [7, 11) is 0. The van der Waals surface area contributed by atoms with Gasteiger partial charge < -0.3 is 9.88 Å². The van der Waals surface area contributed by atoms with Crippen LogP contribution in [0.1, 0.15) is 59.0 Å². The number of hydrogen-bond acceptors (Lipinski definition) is 3. The minimum Gasteiger partial charge on any atom is -0.345 e. The van der Waals surface area contributed by atoms with Crippen LogP contribution in [-0.2, 0) is 11.8 Å². The first-order chi connectivity index (χ1) is 15.4. The van der Waals surface area contributed by atoms with Gasteiger partial charge in [-0.05, 0) is 53.6 Å². The normalized spacial score (nSPS) is 23.9. The molecule has 2 atom stereocenters. The number of H-pyrrole nitrogens is 1. The van der Waals surface area contributed by atoms with Gasteiger partial charge in [0.15, 0.2) is 0 Å². The first-order valence-electron chi connectivity index (χ1n) is 10.9. The van der Waals surface area contributed by atoms with E-state index in [1.807, 2.05) is 17.9 Å². The Kier molecular flexibility index (Phi) is 4.54. The van der Waals surface area contributed by atoms with E-state index in [1.54, 1.807) is 24.5 Å². The molecule has 5 rings (SSSR count). The molecule has 2 aromatic carbocycles. The molecule has 2 aliphatic rings. The van der Waals surface area contributed by atoms with Gasteiger partial charge in [-0.2, -0.15) is 13.2 Å². The van der Waals surface area contributed by atoms with E-state index in [2.05, 4.69) is 23.8 Å². The molecule has 0 spiro atoms. The fourth-order valence-electron chi connectivity index (χ4n) is 5.69. The van der Waals surface area contributed by atoms with Crippen molar-refractivity contribution in [3.63, 3.8) is 0 Å². The zero-order valence-corrected chi connectivity index (χ0v) is 18.6. The van der Waals surface area contributed by atoms with Gasteiger partial charge in [0.25, 0.3) is 11.7 Å². The van der Waals surface area contributed by atoms with E-state index in [-0.39, 0.29) is 17.5 Å². The number of imidazole rings is 1. The lowest BCUT2D eigenvalue weighted by Crippen LogP contribution is -2.64. The Morgan fingerprint density at radius 3 is 2.55 bits per heavy atom. The van der Waals surface area contributed by atoms with Gasteiger partial charge in [0.1, 0.15) is 0 Å². The minimum absolute atomic E-state index is 0.0704. The number of carbonyl (C=O) groups excluding carboxylic acids is 2. The van der Waals surface area contributed by atoms with Crippen LogP contribution >= 0.6 is 0 Å². The van der Waals surface area contributed by atoms with Crippen molar-refractivity contribution in [1.82, 2.24) is 14.9 Å². The quantitative estimate of drug-likeness (QED) is 0.549. The third-order valence-electron chi connectivity index (χ3n) is 8.05. The number of benzene rings is 2. The first kappa shape index (κ1) is 21.7. The number of rotatable bonds is 2. The van der Waals surface area contributed by atoms with Crippen LogP contribution < -0.4 is 0 Å². The summed E-state index contributed by atoms with van der Waals surface area (Å²) in [4.78, 5) is 34.6. The fourth-order valence-corrected chi connectivity index (χ4v) is 5.69. The minimum atomic E-state index is -4.91. The van der Waals surface area contributed by atoms with Crippen molar-refractivity contribution in [1.29, 1.82) is 0 Å². The number of piperidine rings is 1. The lowest BCUT2D eigenvalue weighted by molar-refractivity contribution is -0.0885. The number of alkyl halides is 3. The molecule has 8 heteroatoms. The summed E-state index contributed by atoms with van der Waals surface area (Å²) in [6.45, 7) is 6.66. The maximum absolute atomic E-state index is 13.5. The standard InChI is InChI=1S/C25H24F3N3O2/c1-23(2)20-12-14-4-5-15(21(32)25(26,27)28)10-17(14)24(23,3)8-9-31(20)22(33)16-6-7-18-19(11-16)30-13-29-18/h4-7,10-11,13,20H,8-9,12H2,1-3H3,(H,29,30)/t20-,24+/m1/s1. The number of aromatic nitrogens is 2. The summed E-state index contributed by atoms with van der Waals surface area (Å²) in [5, 5.41) is 0. The van der Waals surface area contributed by atoms with Crippen molar-refractivity contribution >= 4 is 22.7 Å². The Morgan fingerprint density at radius 2 is 1.82 bits per heavy atom. The Bertz CT molecular complexity index is 1290. The molecule has 1 aliphatic heterocycles. The first-order valence-corrected chi connectivity index (χ1v) is 10.9. The molecule has 1 aliphatic carbocycles. The Balaban J connectivity index is 1.53. The number of nitrogens with one attached hydrogen (secondary N) is 1. The van der Waals surface area contributed by atoms with Crippen LogP contribution in [0.2, 0.25) is 0 Å². The maximum atomic E-state index is 13.5. The zero-order valence-electron chi connectivity index (χ0n) is 18.6. The predicted octanol–water partition coefficient (Wildman–Crippen LogP) is 5.06. The van der Waals surface area contributed by atoms with E-state index in [1.165, 1.54) is 12.1 Å².